The molecule has 0 aromatic carbocycles. The van der Waals surface area contributed by atoms with E-state index in [0.717, 1.165) is 38.6 Å². The van der Waals surface area contributed by atoms with Crippen molar-refractivity contribution in [3.05, 3.63) is 0 Å². The lowest BCUT2D eigenvalue weighted by atomic mass is 9.99. The maximum Gasteiger partial charge on any atom is 0.0575 e. The van der Waals surface area contributed by atoms with Crippen LogP contribution < -0.4 is 5.32 Å². The summed E-state index contributed by atoms with van der Waals surface area (Å²) in [6, 6.07) is 0. The van der Waals surface area contributed by atoms with Crippen molar-refractivity contribution in [1.29, 1.82) is 0 Å². The normalized spacial score (nSPS) is 17.9. The molecule has 1 saturated heterocycles. The highest BCUT2D eigenvalue weighted by Crippen LogP contribution is 2.11. The van der Waals surface area contributed by atoms with Crippen LogP contribution >= 0.6 is 0 Å². The molecule has 0 aliphatic carbocycles. The van der Waals surface area contributed by atoms with E-state index < -0.39 is 0 Å². The van der Waals surface area contributed by atoms with Gasteiger partial charge in [-0.3, -0.25) is 0 Å². The molecule has 1 rings (SSSR count). The molecule has 0 unspecified atom stereocenters. The van der Waals surface area contributed by atoms with E-state index in [9.17, 15) is 0 Å². The molecule has 74 valence electrons. The topological polar surface area (TPSA) is 21.3 Å². The number of hydrogen-bond donors (Lipinski definition) is 1. The Morgan fingerprint density at radius 1 is 1.38 bits per heavy atom. The Kier molecular flexibility index (Phi) is 5.64. The van der Waals surface area contributed by atoms with E-state index in [-0.39, 0.29) is 0 Å². The first kappa shape index (κ1) is 10.6. The average Bonchev–Trinajstić information content (AvgIpc) is 2.19. The molecule has 2 heteroatoms. The van der Waals surface area contributed by atoms with Crippen molar-refractivity contribution in [1.82, 2.24) is 5.32 Å². The summed E-state index contributed by atoms with van der Waals surface area (Å²) in [5.74, 6) is 6.64. The van der Waals surface area contributed by atoms with Gasteiger partial charge in [-0.15, -0.1) is 11.8 Å². The molecule has 0 atom stereocenters. The highest BCUT2D eigenvalue weighted by atomic mass is 16.5. The maximum absolute atomic E-state index is 5.54. The maximum atomic E-state index is 5.54. The Hall–Kier alpha value is -0.520. The number of hydrogen-bond acceptors (Lipinski definition) is 2. The molecule has 1 aliphatic heterocycles. The fourth-order valence-corrected chi connectivity index (χ4v) is 1.55. The Balaban J connectivity index is 1.94. The van der Waals surface area contributed by atoms with Gasteiger partial charge in [0.1, 0.15) is 0 Å². The first-order valence-electron chi connectivity index (χ1n) is 5.11. The van der Waals surface area contributed by atoms with Gasteiger partial charge >= 0.3 is 0 Å². The molecule has 2 nitrogen and oxygen atoms in total. The smallest absolute Gasteiger partial charge is 0.0575 e. The number of rotatable bonds is 4. The summed E-state index contributed by atoms with van der Waals surface area (Å²) in [6.45, 7) is 5.90. The van der Waals surface area contributed by atoms with Crippen LogP contribution in [0, 0.1) is 17.8 Å². The second-order valence-corrected chi connectivity index (χ2v) is 3.45. The number of ether oxygens (including phenoxy) is 1. The summed E-state index contributed by atoms with van der Waals surface area (Å²) in [6.07, 6.45) is 3.40. The number of nitrogens with one attached hydrogen (secondary N) is 1. The van der Waals surface area contributed by atoms with Gasteiger partial charge in [0.2, 0.25) is 0 Å². The molecular weight excluding hydrogens is 162 g/mol. The van der Waals surface area contributed by atoms with Gasteiger partial charge in [0.15, 0.2) is 0 Å². The summed E-state index contributed by atoms with van der Waals surface area (Å²) < 4.78 is 5.54. The fourth-order valence-electron chi connectivity index (χ4n) is 1.55. The lowest BCUT2D eigenvalue weighted by Gasteiger charge is -2.22. The van der Waals surface area contributed by atoms with Gasteiger partial charge in [-0.05, 0) is 38.8 Å². The van der Waals surface area contributed by atoms with Crippen LogP contribution in [0.15, 0.2) is 0 Å². The molecule has 0 bridgehead atoms. The lowest BCUT2D eigenvalue weighted by molar-refractivity contribution is 0.0921. The average molecular weight is 181 g/mol. The summed E-state index contributed by atoms with van der Waals surface area (Å²) in [5, 5.41) is 3.35. The standard InChI is InChI=1S/C11H19NO/c1-2-3-4-9-13-10-11-5-7-12-8-6-11/h11-12H,4-10H2,1H3. The van der Waals surface area contributed by atoms with Crippen LogP contribution in [-0.2, 0) is 4.74 Å². The van der Waals surface area contributed by atoms with E-state index in [1.807, 2.05) is 6.92 Å². The second kappa shape index (κ2) is 6.94. The van der Waals surface area contributed by atoms with Gasteiger partial charge in [0.25, 0.3) is 0 Å². The molecule has 1 N–H and O–H groups in total. The van der Waals surface area contributed by atoms with Gasteiger partial charge in [-0.2, -0.15) is 0 Å². The predicted molar refractivity (Wildman–Crippen MR) is 54.5 cm³/mol. The van der Waals surface area contributed by atoms with E-state index >= 15 is 0 Å². The summed E-state index contributed by atoms with van der Waals surface area (Å²) in [4.78, 5) is 0. The molecule has 0 radical (unpaired) electrons. The van der Waals surface area contributed by atoms with Crippen molar-refractivity contribution in [3.63, 3.8) is 0 Å². The quantitative estimate of drug-likeness (QED) is 0.523. The largest absolute Gasteiger partial charge is 0.380 e. The summed E-state index contributed by atoms with van der Waals surface area (Å²) >= 11 is 0. The molecule has 1 fully saturated rings. The van der Waals surface area contributed by atoms with E-state index in [1.54, 1.807) is 0 Å². The fraction of sp³-hybridized carbons (Fsp3) is 0.818. The lowest BCUT2D eigenvalue weighted by Crippen LogP contribution is -2.30. The molecule has 1 aliphatic rings. The van der Waals surface area contributed by atoms with Crippen LogP contribution in [0.2, 0.25) is 0 Å². The van der Waals surface area contributed by atoms with Gasteiger partial charge in [0, 0.05) is 13.0 Å². The van der Waals surface area contributed by atoms with Crippen LogP contribution in [0.1, 0.15) is 26.2 Å². The van der Waals surface area contributed by atoms with E-state index in [2.05, 4.69) is 17.2 Å². The molecule has 0 saturated carbocycles. The highest BCUT2D eigenvalue weighted by molar-refractivity contribution is 4.94. The third-order valence-corrected chi connectivity index (χ3v) is 2.36. The second-order valence-electron chi connectivity index (χ2n) is 3.45. The van der Waals surface area contributed by atoms with Crippen LogP contribution in [0.5, 0.6) is 0 Å². The monoisotopic (exact) mass is 181 g/mol. The SMILES string of the molecule is CC#CCCOCC1CCNCC1. The Morgan fingerprint density at radius 2 is 2.15 bits per heavy atom. The summed E-state index contributed by atoms with van der Waals surface area (Å²) in [7, 11) is 0. The minimum Gasteiger partial charge on any atom is -0.380 e. The van der Waals surface area contributed by atoms with Crippen molar-refractivity contribution < 1.29 is 4.74 Å². The first-order chi connectivity index (χ1) is 6.43. The minimum atomic E-state index is 0.774. The number of piperidine rings is 1. The molecule has 0 amide bonds. The molecule has 0 spiro atoms. The molecule has 0 aromatic rings. The minimum absolute atomic E-state index is 0.774. The highest BCUT2D eigenvalue weighted by Gasteiger charge is 2.12. The summed E-state index contributed by atoms with van der Waals surface area (Å²) in [5.41, 5.74) is 0. The molecular formula is C11H19NO. The van der Waals surface area contributed by atoms with Crippen molar-refractivity contribution in [3.8, 4) is 11.8 Å². The van der Waals surface area contributed by atoms with Crippen LogP contribution in [0.4, 0.5) is 0 Å². The van der Waals surface area contributed by atoms with E-state index in [1.165, 1.54) is 12.8 Å². The van der Waals surface area contributed by atoms with Crippen LogP contribution in [0.3, 0.4) is 0 Å². The van der Waals surface area contributed by atoms with Gasteiger partial charge in [-0.1, -0.05) is 0 Å². The van der Waals surface area contributed by atoms with Gasteiger partial charge < -0.3 is 10.1 Å². The predicted octanol–water partition coefficient (Wildman–Crippen LogP) is 1.42. The third kappa shape index (κ3) is 4.92. The van der Waals surface area contributed by atoms with Crippen molar-refractivity contribution >= 4 is 0 Å². The zero-order chi connectivity index (χ0) is 9.36. The van der Waals surface area contributed by atoms with Crippen molar-refractivity contribution in [2.75, 3.05) is 26.3 Å². The first-order valence-corrected chi connectivity index (χ1v) is 5.11. The van der Waals surface area contributed by atoms with Crippen LogP contribution in [-0.4, -0.2) is 26.3 Å². The van der Waals surface area contributed by atoms with E-state index in [4.69, 9.17) is 4.74 Å². The van der Waals surface area contributed by atoms with Gasteiger partial charge in [0.05, 0.1) is 6.61 Å². The molecule has 1 heterocycles. The Bertz CT molecular complexity index is 174. The zero-order valence-electron chi connectivity index (χ0n) is 8.44. The van der Waals surface area contributed by atoms with Crippen LogP contribution in [0.25, 0.3) is 0 Å². The van der Waals surface area contributed by atoms with Crippen molar-refractivity contribution in [2.24, 2.45) is 5.92 Å². The molecule has 13 heavy (non-hydrogen) atoms. The third-order valence-electron chi connectivity index (χ3n) is 2.36. The van der Waals surface area contributed by atoms with Crippen molar-refractivity contribution in [2.45, 2.75) is 26.2 Å². The van der Waals surface area contributed by atoms with Gasteiger partial charge in [-0.25, -0.2) is 0 Å². The Labute approximate surface area is 81.0 Å². The Morgan fingerprint density at radius 3 is 2.85 bits per heavy atom. The molecule has 0 aromatic heterocycles. The zero-order valence-corrected chi connectivity index (χ0v) is 8.44. The van der Waals surface area contributed by atoms with E-state index in [0.29, 0.717) is 0 Å².